The number of hydrogen-bond donors (Lipinski definition) is 2. The van der Waals surface area contributed by atoms with Crippen LogP contribution in [0.4, 0.5) is 0 Å². The van der Waals surface area contributed by atoms with E-state index in [0.29, 0.717) is 5.75 Å². The van der Waals surface area contributed by atoms with Gasteiger partial charge in [0.15, 0.2) is 5.11 Å². The Morgan fingerprint density at radius 1 is 1.32 bits per heavy atom. The van der Waals surface area contributed by atoms with Crippen molar-refractivity contribution in [3.05, 3.63) is 52.0 Å². The number of nitrogens with one attached hydrogen (secondary N) is 1. The van der Waals surface area contributed by atoms with Gasteiger partial charge in [-0.25, -0.2) is 4.79 Å². The van der Waals surface area contributed by atoms with Crippen molar-refractivity contribution >= 4 is 29.0 Å². The van der Waals surface area contributed by atoms with E-state index in [1.165, 1.54) is 0 Å². The van der Waals surface area contributed by atoms with Gasteiger partial charge in [0.25, 0.3) is 0 Å². The molecule has 148 valence electrons. The largest absolute Gasteiger partial charge is 0.453 e. The van der Waals surface area contributed by atoms with Crippen LogP contribution in [0.1, 0.15) is 71.2 Å². The van der Waals surface area contributed by atoms with Gasteiger partial charge < -0.3 is 14.9 Å². The van der Waals surface area contributed by atoms with E-state index in [9.17, 15) is 4.79 Å². The molecule has 7 heteroatoms. The van der Waals surface area contributed by atoms with Gasteiger partial charge in [-0.15, -0.1) is 0 Å². The predicted molar refractivity (Wildman–Crippen MR) is 113 cm³/mol. The molecule has 3 rings (SSSR count). The average Bonchev–Trinajstić information content (AvgIpc) is 2.97. The first-order valence-electron chi connectivity index (χ1n) is 9.35. The number of nitrogens with zero attached hydrogens (tertiary/aromatic N) is 1. The molecule has 1 aromatic heterocycles. The lowest BCUT2D eigenvalue weighted by Crippen LogP contribution is -2.26. The van der Waals surface area contributed by atoms with E-state index >= 15 is 0 Å². The molecule has 0 unspecified atom stereocenters. The van der Waals surface area contributed by atoms with Crippen molar-refractivity contribution in [2.24, 2.45) is 10.8 Å². The summed E-state index contributed by atoms with van der Waals surface area (Å²) in [5.41, 5.74) is 12.5. The Kier molecular flexibility index (Phi) is 5.84. The minimum Gasteiger partial charge on any atom is -0.453 e. The van der Waals surface area contributed by atoms with Gasteiger partial charge in [0, 0.05) is 17.5 Å². The lowest BCUT2D eigenvalue weighted by molar-refractivity contribution is 0.0696. The van der Waals surface area contributed by atoms with E-state index in [0.717, 1.165) is 53.0 Å². The van der Waals surface area contributed by atoms with Gasteiger partial charge in [-0.1, -0.05) is 26.0 Å². The summed E-state index contributed by atoms with van der Waals surface area (Å²) in [6.07, 6.45) is 2.38. The van der Waals surface area contributed by atoms with Crippen molar-refractivity contribution in [2.45, 2.75) is 52.9 Å². The Balaban J connectivity index is 1.94. The Morgan fingerprint density at radius 2 is 2.07 bits per heavy atom. The molecule has 0 amide bonds. The Hall–Kier alpha value is -2.67. The maximum Gasteiger partial charge on any atom is 0.379 e. The molecule has 2 aromatic rings. The van der Waals surface area contributed by atoms with Crippen LogP contribution < -0.4 is 15.9 Å². The second-order valence-electron chi connectivity index (χ2n) is 7.33. The lowest BCUT2D eigenvalue weighted by Gasteiger charge is -2.13. The van der Waals surface area contributed by atoms with Crippen LogP contribution in [0.5, 0.6) is 5.75 Å². The zero-order chi connectivity index (χ0) is 20.4. The van der Waals surface area contributed by atoms with Gasteiger partial charge in [0.1, 0.15) is 11.5 Å². The molecule has 6 nitrogen and oxygen atoms in total. The molecule has 1 aliphatic rings. The Bertz CT molecular complexity index is 960. The van der Waals surface area contributed by atoms with Crippen molar-refractivity contribution in [3.63, 3.8) is 0 Å². The van der Waals surface area contributed by atoms with E-state index in [4.69, 9.17) is 27.1 Å². The number of hydrogen-bond acceptors (Lipinski definition) is 5. The molecule has 0 fully saturated rings. The molecule has 1 aromatic carbocycles. The normalized spacial score (nSPS) is 14.8. The highest BCUT2D eigenvalue weighted by atomic mass is 32.1. The zero-order valence-electron chi connectivity index (χ0n) is 16.6. The summed E-state index contributed by atoms with van der Waals surface area (Å²) in [5, 5.41) is 4.38. The number of carbonyl (C=O) groups excluding carboxylic acids is 1. The number of rotatable bonds is 4. The summed E-state index contributed by atoms with van der Waals surface area (Å²) in [5.74, 6) is 1.26. The number of aryl methyl sites for hydroxylation is 2. The van der Waals surface area contributed by atoms with E-state index in [-0.39, 0.29) is 16.8 Å². The van der Waals surface area contributed by atoms with Crippen LogP contribution in [0.15, 0.2) is 27.7 Å². The number of thiocarbonyl (C=S) groups is 1. The molecule has 1 heterocycles. The first kappa shape index (κ1) is 20.1. The number of benzene rings is 1. The fourth-order valence-electron chi connectivity index (χ4n) is 3.45. The number of hydrazone groups is 1. The zero-order valence-corrected chi connectivity index (χ0v) is 17.4. The lowest BCUT2D eigenvalue weighted by atomic mass is 9.93. The highest BCUT2D eigenvalue weighted by molar-refractivity contribution is 7.80. The third-order valence-electron chi connectivity index (χ3n) is 4.81. The van der Waals surface area contributed by atoms with Gasteiger partial charge in [-0.3, -0.25) is 5.43 Å². The van der Waals surface area contributed by atoms with Crippen LogP contribution in [-0.2, 0) is 6.42 Å². The predicted octanol–water partition coefficient (Wildman–Crippen LogP) is 4.11. The van der Waals surface area contributed by atoms with Gasteiger partial charge in [0.05, 0.1) is 5.71 Å². The number of nitrogens with two attached hydrogens (primary N) is 1. The summed E-state index contributed by atoms with van der Waals surface area (Å²) in [7, 11) is 0. The minimum atomic E-state index is -0.499. The molecule has 0 aliphatic heterocycles. The van der Waals surface area contributed by atoms with Gasteiger partial charge in [-0.05, 0) is 62.0 Å². The third-order valence-corrected chi connectivity index (χ3v) is 4.90. The summed E-state index contributed by atoms with van der Waals surface area (Å²) >= 11 is 4.82. The number of esters is 1. The van der Waals surface area contributed by atoms with Crippen LogP contribution >= 0.6 is 12.2 Å². The van der Waals surface area contributed by atoms with E-state index in [1.807, 2.05) is 32.0 Å². The van der Waals surface area contributed by atoms with Crippen LogP contribution in [0, 0.1) is 13.8 Å². The smallest absolute Gasteiger partial charge is 0.379 e. The topological polar surface area (TPSA) is 89.8 Å². The average molecular weight is 400 g/mol. The third kappa shape index (κ3) is 4.09. The molecule has 28 heavy (non-hydrogen) atoms. The van der Waals surface area contributed by atoms with Crippen LogP contribution in [0.2, 0.25) is 0 Å². The van der Waals surface area contributed by atoms with E-state index in [2.05, 4.69) is 24.4 Å². The van der Waals surface area contributed by atoms with Crippen molar-refractivity contribution in [1.82, 2.24) is 5.43 Å². The fraction of sp³-hybridized carbons (Fsp3) is 0.381. The monoisotopic (exact) mass is 399 g/mol. The second-order valence-corrected chi connectivity index (χ2v) is 7.77. The standard InChI is InChI=1S/C21H25N3O3S/c1-11(2)14-9-8-12(3)10-17(14)27-20(25)19-13(4)18-15(23-24-21(22)28)6-5-7-16(18)26-19/h8-11H,5-7H2,1-4H3,(H3,22,24,28)/b23-15+. The molecule has 0 radical (unpaired) electrons. The van der Waals surface area contributed by atoms with E-state index in [1.54, 1.807) is 0 Å². The quantitative estimate of drug-likeness (QED) is 0.348. The summed E-state index contributed by atoms with van der Waals surface area (Å²) in [4.78, 5) is 12.9. The first-order chi connectivity index (χ1) is 13.3. The highest BCUT2D eigenvalue weighted by Crippen LogP contribution is 2.32. The van der Waals surface area contributed by atoms with Crippen LogP contribution in [0.25, 0.3) is 0 Å². The highest BCUT2D eigenvalue weighted by Gasteiger charge is 2.29. The Morgan fingerprint density at radius 3 is 2.75 bits per heavy atom. The molecule has 0 saturated carbocycles. The van der Waals surface area contributed by atoms with Crippen molar-refractivity contribution < 1.29 is 13.9 Å². The molecule has 3 N–H and O–H groups in total. The maximum atomic E-state index is 12.9. The molecular formula is C21H25N3O3S. The molecule has 1 aliphatic carbocycles. The summed E-state index contributed by atoms with van der Waals surface area (Å²) in [6, 6.07) is 5.89. The van der Waals surface area contributed by atoms with Gasteiger partial charge >= 0.3 is 5.97 Å². The second kappa shape index (κ2) is 8.14. The molecule has 0 atom stereocenters. The van der Waals surface area contributed by atoms with E-state index < -0.39 is 5.97 Å². The molecule has 0 spiro atoms. The Labute approximate surface area is 170 Å². The van der Waals surface area contributed by atoms with Gasteiger partial charge in [-0.2, -0.15) is 5.10 Å². The summed E-state index contributed by atoms with van der Waals surface area (Å²) < 4.78 is 11.6. The first-order valence-corrected chi connectivity index (χ1v) is 9.76. The maximum absolute atomic E-state index is 12.9. The number of fused-ring (bicyclic) bond motifs is 1. The van der Waals surface area contributed by atoms with Gasteiger partial charge in [0.2, 0.25) is 5.76 Å². The molecule has 0 saturated heterocycles. The van der Waals surface area contributed by atoms with Crippen LogP contribution in [-0.4, -0.2) is 16.8 Å². The molecule has 0 bridgehead atoms. The van der Waals surface area contributed by atoms with Crippen molar-refractivity contribution in [1.29, 1.82) is 0 Å². The van der Waals surface area contributed by atoms with Crippen LogP contribution in [0.3, 0.4) is 0 Å². The molecular weight excluding hydrogens is 374 g/mol. The summed E-state index contributed by atoms with van der Waals surface area (Å²) in [6.45, 7) is 7.95. The SMILES string of the molecule is Cc1ccc(C(C)C)c(OC(=O)c2oc3c(c2C)/C(=N/NC(N)=S)CCC3)c1. The number of furan rings is 1. The minimum absolute atomic E-state index is 0.0982. The van der Waals surface area contributed by atoms with Crippen molar-refractivity contribution in [2.75, 3.05) is 0 Å². The number of ether oxygens (including phenoxy) is 1. The van der Waals surface area contributed by atoms with Crippen molar-refractivity contribution in [3.8, 4) is 5.75 Å². The number of carbonyl (C=O) groups is 1. The fourth-order valence-corrected chi connectivity index (χ4v) is 3.50.